The van der Waals surface area contributed by atoms with Crippen molar-refractivity contribution < 1.29 is 22.5 Å². The lowest BCUT2D eigenvalue weighted by Gasteiger charge is -2.49. The van der Waals surface area contributed by atoms with Crippen LogP contribution in [0.25, 0.3) is 0 Å². The second-order valence-electron chi connectivity index (χ2n) is 7.11. The van der Waals surface area contributed by atoms with Crippen molar-refractivity contribution in [3.05, 3.63) is 0 Å². The molecule has 0 spiro atoms. The van der Waals surface area contributed by atoms with E-state index in [2.05, 4.69) is 27.7 Å². The van der Waals surface area contributed by atoms with Gasteiger partial charge in [-0.25, -0.2) is 4.31 Å². The summed E-state index contributed by atoms with van der Waals surface area (Å²) < 4.78 is 40.7. The van der Waals surface area contributed by atoms with Gasteiger partial charge in [0.15, 0.2) is 0 Å². The quantitative estimate of drug-likeness (QED) is 0.482. The lowest BCUT2D eigenvalue weighted by Crippen LogP contribution is -2.48. The minimum absolute atomic E-state index is 0.0307. The average molecular weight is 396 g/mol. The van der Waals surface area contributed by atoms with Crippen molar-refractivity contribution in [3.63, 3.8) is 0 Å². The summed E-state index contributed by atoms with van der Waals surface area (Å²) in [6.45, 7) is 8.97. The van der Waals surface area contributed by atoms with Crippen molar-refractivity contribution in [1.29, 1.82) is 0 Å². The van der Waals surface area contributed by atoms with Crippen molar-refractivity contribution in [2.24, 2.45) is 5.41 Å². The molecule has 0 aromatic rings. The maximum absolute atomic E-state index is 12.5. The van der Waals surface area contributed by atoms with Gasteiger partial charge in [-0.3, -0.25) is 9.13 Å². The predicted molar refractivity (Wildman–Crippen MR) is 105 cm³/mol. The molecule has 0 aromatic heterocycles. The Morgan fingerprint density at radius 3 is 1.88 bits per heavy atom. The first-order valence-corrected chi connectivity index (χ1v) is 12.5. The summed E-state index contributed by atoms with van der Waals surface area (Å²) in [4.78, 5) is 0. The Kier molecular flexibility index (Phi) is 11.2. The third-order valence-electron chi connectivity index (χ3n) is 6.18. The third kappa shape index (κ3) is 6.47. The molecule has 0 radical (unpaired) electrons. The van der Waals surface area contributed by atoms with E-state index >= 15 is 0 Å². The van der Waals surface area contributed by atoms with Crippen molar-refractivity contribution in [2.45, 2.75) is 104 Å². The van der Waals surface area contributed by atoms with Gasteiger partial charge in [0.05, 0.1) is 12.2 Å². The molecule has 1 aliphatic rings. The summed E-state index contributed by atoms with van der Waals surface area (Å²) in [5.41, 5.74) is -0.536. The number of hydrogen-bond donors (Lipinski definition) is 0. The Labute approximate surface area is 155 Å². The van der Waals surface area contributed by atoms with Crippen LogP contribution in [0.5, 0.6) is 0 Å². The van der Waals surface area contributed by atoms with Crippen LogP contribution in [0.4, 0.5) is 0 Å². The van der Waals surface area contributed by atoms with E-state index in [4.69, 9.17) is 13.4 Å². The van der Waals surface area contributed by atoms with Crippen LogP contribution in [0, 0.1) is 5.41 Å². The number of rotatable bonds is 4. The molecule has 7 heteroatoms. The largest absolute Gasteiger partial charge is 0.326 e. The van der Waals surface area contributed by atoms with E-state index in [0.717, 1.165) is 44.9 Å². The molecule has 0 aromatic carbocycles. The Morgan fingerprint density at radius 2 is 1.32 bits per heavy atom. The summed E-state index contributed by atoms with van der Waals surface area (Å²) in [6.07, 6.45) is 11.3. The molecule has 1 heterocycles. The highest BCUT2D eigenvalue weighted by Gasteiger charge is 2.48. The standard InChI is InChI=1S/C18H38O5P2/c1-5-17(6-2)15-13-11-9-10-12-14-16-21-24(19)23-25(20)22-18(17,7-3)8-4/h24-25H,5-16H2,1-4H3. The SMILES string of the molecule is CCC1(CC)CCCCCCCCO[PH](=O)O[PH](=O)OC1(CC)CC. The fourth-order valence-corrected chi connectivity index (χ4v) is 6.52. The van der Waals surface area contributed by atoms with Gasteiger partial charge in [-0.15, -0.1) is 0 Å². The minimum atomic E-state index is -2.86. The lowest BCUT2D eigenvalue weighted by atomic mass is 9.63. The lowest BCUT2D eigenvalue weighted by molar-refractivity contribution is -0.0810. The van der Waals surface area contributed by atoms with Crippen molar-refractivity contribution in [3.8, 4) is 0 Å². The van der Waals surface area contributed by atoms with Gasteiger partial charge in [0, 0.05) is 0 Å². The zero-order chi connectivity index (χ0) is 18.8. The van der Waals surface area contributed by atoms with Gasteiger partial charge >= 0.3 is 16.5 Å². The molecule has 1 fully saturated rings. The van der Waals surface area contributed by atoms with E-state index in [0.29, 0.717) is 6.61 Å². The Hall–Kier alpha value is 0.340. The van der Waals surface area contributed by atoms with Gasteiger partial charge in [-0.05, 0) is 43.9 Å². The fraction of sp³-hybridized carbons (Fsp3) is 1.00. The highest BCUT2D eigenvalue weighted by Crippen LogP contribution is 2.54. The Bertz CT molecular complexity index is 420. The van der Waals surface area contributed by atoms with Gasteiger partial charge < -0.3 is 9.05 Å². The van der Waals surface area contributed by atoms with Crippen LogP contribution in [-0.2, 0) is 22.5 Å². The molecule has 150 valence electrons. The van der Waals surface area contributed by atoms with Crippen LogP contribution in [-0.4, -0.2) is 12.2 Å². The first-order valence-electron chi connectivity index (χ1n) is 10.1. The topological polar surface area (TPSA) is 61.8 Å². The first kappa shape index (κ1) is 23.4. The summed E-state index contributed by atoms with van der Waals surface area (Å²) >= 11 is 0. The second-order valence-corrected chi connectivity index (χ2v) is 9.42. The van der Waals surface area contributed by atoms with Crippen LogP contribution >= 0.6 is 16.5 Å². The second kappa shape index (κ2) is 11.9. The third-order valence-corrected chi connectivity index (χ3v) is 8.51. The molecular formula is C18H38O5P2. The average Bonchev–Trinajstić information content (AvgIpc) is 2.61. The zero-order valence-corrected chi connectivity index (χ0v) is 18.5. The van der Waals surface area contributed by atoms with Crippen molar-refractivity contribution in [1.82, 2.24) is 0 Å². The number of hydrogen-bond acceptors (Lipinski definition) is 5. The van der Waals surface area contributed by atoms with Crippen LogP contribution in [0.2, 0.25) is 0 Å². The first-order chi connectivity index (χ1) is 12.0. The van der Waals surface area contributed by atoms with Gasteiger partial charge in [0.25, 0.3) is 0 Å². The van der Waals surface area contributed by atoms with E-state index in [-0.39, 0.29) is 5.41 Å². The Morgan fingerprint density at radius 1 is 0.760 bits per heavy atom. The van der Waals surface area contributed by atoms with E-state index < -0.39 is 22.1 Å². The van der Waals surface area contributed by atoms with E-state index in [1.807, 2.05) is 0 Å². The van der Waals surface area contributed by atoms with Crippen LogP contribution in [0.1, 0.15) is 98.3 Å². The molecular weight excluding hydrogens is 358 g/mol. The summed E-state index contributed by atoms with van der Waals surface area (Å²) in [6, 6.07) is 0. The summed E-state index contributed by atoms with van der Waals surface area (Å²) in [5.74, 6) is 0. The molecule has 2 unspecified atom stereocenters. The molecule has 0 saturated carbocycles. The highest BCUT2D eigenvalue weighted by atomic mass is 31.2. The Balaban J connectivity index is 3.06. The van der Waals surface area contributed by atoms with E-state index in [1.54, 1.807) is 0 Å². The van der Waals surface area contributed by atoms with Crippen molar-refractivity contribution >= 4 is 16.5 Å². The molecule has 0 N–H and O–H groups in total. The van der Waals surface area contributed by atoms with Crippen LogP contribution in [0.15, 0.2) is 0 Å². The van der Waals surface area contributed by atoms with Gasteiger partial charge in [0.2, 0.25) is 0 Å². The molecule has 0 bridgehead atoms. The molecule has 25 heavy (non-hydrogen) atoms. The molecule has 1 saturated heterocycles. The molecule has 0 aliphatic carbocycles. The van der Waals surface area contributed by atoms with Gasteiger partial charge in [0.1, 0.15) is 0 Å². The monoisotopic (exact) mass is 396 g/mol. The van der Waals surface area contributed by atoms with E-state index in [9.17, 15) is 9.13 Å². The molecule has 2 atom stereocenters. The smallest absolute Gasteiger partial charge is 0.310 e. The predicted octanol–water partition coefficient (Wildman–Crippen LogP) is 6.93. The zero-order valence-electron chi connectivity index (χ0n) is 16.5. The van der Waals surface area contributed by atoms with Crippen LogP contribution in [0.3, 0.4) is 0 Å². The molecule has 1 aliphatic heterocycles. The molecule has 1 rings (SSSR count). The fourth-order valence-electron chi connectivity index (χ4n) is 4.43. The van der Waals surface area contributed by atoms with Gasteiger partial charge in [-0.1, -0.05) is 59.8 Å². The minimum Gasteiger partial charge on any atom is -0.310 e. The van der Waals surface area contributed by atoms with E-state index in [1.165, 1.54) is 25.7 Å². The summed E-state index contributed by atoms with van der Waals surface area (Å²) in [5, 5.41) is 0. The normalized spacial score (nSPS) is 29.4. The maximum atomic E-state index is 12.5. The molecule has 0 amide bonds. The van der Waals surface area contributed by atoms with Crippen molar-refractivity contribution in [2.75, 3.05) is 6.61 Å². The van der Waals surface area contributed by atoms with Gasteiger partial charge in [-0.2, -0.15) is 0 Å². The van der Waals surface area contributed by atoms with Crippen LogP contribution < -0.4 is 0 Å². The maximum Gasteiger partial charge on any atom is 0.326 e. The highest BCUT2D eigenvalue weighted by molar-refractivity contribution is 7.47. The summed E-state index contributed by atoms with van der Waals surface area (Å²) in [7, 11) is -5.61. The molecule has 5 nitrogen and oxygen atoms in total.